The minimum absolute atomic E-state index is 0.317. The summed E-state index contributed by atoms with van der Waals surface area (Å²) in [6, 6.07) is 0. The summed E-state index contributed by atoms with van der Waals surface area (Å²) >= 11 is 0. The van der Waals surface area contributed by atoms with Gasteiger partial charge < -0.3 is 14.7 Å². The lowest BCUT2D eigenvalue weighted by molar-refractivity contribution is -0.163. The number of aliphatic carboxylic acids is 1. The minimum Gasteiger partial charge on any atom is -0.481 e. The summed E-state index contributed by atoms with van der Waals surface area (Å²) in [4.78, 5) is 33.7. The van der Waals surface area contributed by atoms with Crippen LogP contribution in [0.1, 0.15) is 26.2 Å². The van der Waals surface area contributed by atoms with Crippen molar-refractivity contribution >= 4 is 17.8 Å². The normalized spacial score (nSPS) is 12.6. The number of amides is 1. The summed E-state index contributed by atoms with van der Waals surface area (Å²) in [5.41, 5.74) is 0. The van der Waals surface area contributed by atoms with Crippen LogP contribution in [0, 0.1) is 5.92 Å². The molecular formula is C12H18F3NO5. The Kier molecular flexibility index (Phi) is 7.75. The second kappa shape index (κ2) is 8.48. The van der Waals surface area contributed by atoms with Gasteiger partial charge in [0.05, 0.1) is 13.5 Å². The number of carboxylic acid groups (broad SMARTS) is 1. The molecule has 1 N–H and O–H groups in total. The molecule has 0 aliphatic heterocycles. The highest BCUT2D eigenvalue weighted by atomic mass is 19.4. The molecular weight excluding hydrogens is 295 g/mol. The van der Waals surface area contributed by atoms with Gasteiger partial charge in [-0.05, 0) is 5.92 Å². The van der Waals surface area contributed by atoms with E-state index < -0.39 is 43.0 Å². The molecule has 0 heterocycles. The van der Waals surface area contributed by atoms with E-state index in [1.54, 1.807) is 0 Å². The number of halogens is 3. The summed E-state index contributed by atoms with van der Waals surface area (Å²) in [5.74, 6) is -3.30. The van der Waals surface area contributed by atoms with Crippen LogP contribution >= 0.6 is 0 Å². The van der Waals surface area contributed by atoms with Gasteiger partial charge in [0.25, 0.3) is 0 Å². The van der Waals surface area contributed by atoms with Crippen molar-refractivity contribution in [3.05, 3.63) is 0 Å². The van der Waals surface area contributed by atoms with Crippen LogP contribution < -0.4 is 0 Å². The fraction of sp³-hybridized carbons (Fsp3) is 0.750. The molecule has 6 nitrogen and oxygen atoms in total. The maximum absolute atomic E-state index is 12.4. The third-order valence-electron chi connectivity index (χ3n) is 2.58. The molecule has 0 aromatic rings. The Morgan fingerprint density at radius 2 is 1.81 bits per heavy atom. The van der Waals surface area contributed by atoms with Crippen LogP contribution in [0.15, 0.2) is 0 Å². The molecule has 9 heteroatoms. The number of methoxy groups -OCH3 is 1. The average molecular weight is 313 g/mol. The van der Waals surface area contributed by atoms with Gasteiger partial charge in [0, 0.05) is 19.4 Å². The lowest BCUT2D eigenvalue weighted by Crippen LogP contribution is -2.41. The molecule has 0 bridgehead atoms. The highest BCUT2D eigenvalue weighted by Gasteiger charge is 2.33. The zero-order valence-electron chi connectivity index (χ0n) is 11.8. The van der Waals surface area contributed by atoms with Gasteiger partial charge in [-0.25, -0.2) is 0 Å². The first kappa shape index (κ1) is 19.2. The average Bonchev–Trinajstić information content (AvgIpc) is 2.31. The number of hydrogen-bond acceptors (Lipinski definition) is 4. The SMILES string of the molecule is COC(=O)CCN(CC(F)(F)F)C(=O)CC(C)CC(=O)O. The van der Waals surface area contributed by atoms with Crippen LogP contribution in [0.2, 0.25) is 0 Å². The van der Waals surface area contributed by atoms with E-state index in [1.165, 1.54) is 6.92 Å². The van der Waals surface area contributed by atoms with Crippen LogP contribution in [0.3, 0.4) is 0 Å². The Labute approximate surface area is 119 Å². The Morgan fingerprint density at radius 3 is 2.24 bits per heavy atom. The lowest BCUT2D eigenvalue weighted by Gasteiger charge is -2.24. The molecule has 1 atom stereocenters. The highest BCUT2D eigenvalue weighted by Crippen LogP contribution is 2.19. The first-order valence-corrected chi connectivity index (χ1v) is 6.18. The van der Waals surface area contributed by atoms with Crippen molar-refractivity contribution in [2.24, 2.45) is 5.92 Å². The largest absolute Gasteiger partial charge is 0.481 e. The standard InChI is InChI=1S/C12H18F3NO5/c1-8(6-10(18)19)5-9(17)16(7-12(13,14)15)4-3-11(20)21-2/h8H,3-7H2,1-2H3,(H,18,19). The molecule has 0 aromatic carbocycles. The highest BCUT2D eigenvalue weighted by molar-refractivity contribution is 5.78. The molecule has 0 saturated carbocycles. The van der Waals surface area contributed by atoms with Crippen LogP contribution in [0.25, 0.3) is 0 Å². The first-order chi connectivity index (χ1) is 9.55. The minimum atomic E-state index is -4.60. The second-order valence-corrected chi connectivity index (χ2v) is 4.66. The molecule has 0 aliphatic rings. The van der Waals surface area contributed by atoms with Gasteiger partial charge in [0.2, 0.25) is 5.91 Å². The summed E-state index contributed by atoms with van der Waals surface area (Å²) in [5, 5.41) is 8.56. The predicted molar refractivity (Wildman–Crippen MR) is 65.3 cm³/mol. The van der Waals surface area contributed by atoms with Crippen molar-refractivity contribution in [1.29, 1.82) is 0 Å². The molecule has 0 aromatic heterocycles. The molecule has 1 unspecified atom stereocenters. The van der Waals surface area contributed by atoms with Crippen molar-refractivity contribution in [3.8, 4) is 0 Å². The maximum Gasteiger partial charge on any atom is 0.406 e. The molecule has 21 heavy (non-hydrogen) atoms. The number of rotatable bonds is 8. The van der Waals surface area contributed by atoms with Gasteiger partial charge in [-0.3, -0.25) is 14.4 Å². The van der Waals surface area contributed by atoms with Gasteiger partial charge in [-0.1, -0.05) is 6.92 Å². The van der Waals surface area contributed by atoms with Crippen LogP contribution in [-0.2, 0) is 19.1 Å². The summed E-state index contributed by atoms with van der Waals surface area (Å²) in [6.45, 7) is -0.453. The lowest BCUT2D eigenvalue weighted by atomic mass is 10.0. The number of carboxylic acids is 1. The second-order valence-electron chi connectivity index (χ2n) is 4.66. The van der Waals surface area contributed by atoms with E-state index >= 15 is 0 Å². The molecule has 0 spiro atoms. The molecule has 0 aliphatic carbocycles. The molecule has 0 saturated heterocycles. The number of esters is 1. The van der Waals surface area contributed by atoms with E-state index in [1.807, 2.05) is 0 Å². The van der Waals surface area contributed by atoms with Crippen molar-refractivity contribution < 1.29 is 37.4 Å². The number of alkyl halides is 3. The predicted octanol–water partition coefficient (Wildman–Crippen LogP) is 1.44. The van der Waals surface area contributed by atoms with Crippen molar-refractivity contribution in [1.82, 2.24) is 4.90 Å². The fourth-order valence-corrected chi connectivity index (χ4v) is 1.63. The molecule has 122 valence electrons. The zero-order chi connectivity index (χ0) is 16.6. The fourth-order valence-electron chi connectivity index (χ4n) is 1.63. The molecule has 0 fully saturated rings. The van der Waals surface area contributed by atoms with E-state index in [9.17, 15) is 27.6 Å². The summed E-state index contributed by atoms with van der Waals surface area (Å²) < 4.78 is 41.6. The van der Waals surface area contributed by atoms with E-state index in [4.69, 9.17) is 5.11 Å². The summed E-state index contributed by atoms with van der Waals surface area (Å²) in [6.07, 6.45) is -5.60. The quantitative estimate of drug-likeness (QED) is 0.686. The van der Waals surface area contributed by atoms with Gasteiger partial charge in [-0.15, -0.1) is 0 Å². The number of ether oxygens (including phenoxy) is 1. The molecule has 0 rings (SSSR count). The van der Waals surface area contributed by atoms with E-state index in [-0.39, 0.29) is 19.3 Å². The number of nitrogens with zero attached hydrogens (tertiary/aromatic N) is 1. The third-order valence-corrected chi connectivity index (χ3v) is 2.58. The Balaban J connectivity index is 4.65. The number of hydrogen-bond donors (Lipinski definition) is 1. The molecule has 0 radical (unpaired) electrons. The zero-order valence-corrected chi connectivity index (χ0v) is 11.8. The molecule has 1 amide bonds. The maximum atomic E-state index is 12.4. The smallest absolute Gasteiger partial charge is 0.406 e. The number of carbonyl (C=O) groups excluding carboxylic acids is 2. The van der Waals surface area contributed by atoms with E-state index in [0.29, 0.717) is 4.90 Å². The Hall–Kier alpha value is -1.80. The van der Waals surface area contributed by atoms with Crippen LogP contribution in [0.5, 0.6) is 0 Å². The third kappa shape index (κ3) is 9.69. The van der Waals surface area contributed by atoms with E-state index in [0.717, 1.165) is 7.11 Å². The van der Waals surface area contributed by atoms with Gasteiger partial charge >= 0.3 is 18.1 Å². The summed E-state index contributed by atoms with van der Waals surface area (Å²) in [7, 11) is 1.09. The topological polar surface area (TPSA) is 83.9 Å². The Morgan fingerprint density at radius 1 is 1.24 bits per heavy atom. The van der Waals surface area contributed by atoms with Gasteiger partial charge in [-0.2, -0.15) is 13.2 Å². The first-order valence-electron chi connectivity index (χ1n) is 6.18. The monoisotopic (exact) mass is 313 g/mol. The van der Waals surface area contributed by atoms with Gasteiger partial charge in [0.15, 0.2) is 0 Å². The number of carbonyl (C=O) groups is 3. The van der Waals surface area contributed by atoms with Crippen LogP contribution in [-0.4, -0.2) is 54.2 Å². The van der Waals surface area contributed by atoms with E-state index in [2.05, 4.69) is 4.74 Å². The van der Waals surface area contributed by atoms with Crippen molar-refractivity contribution in [2.45, 2.75) is 32.4 Å². The van der Waals surface area contributed by atoms with Crippen molar-refractivity contribution in [3.63, 3.8) is 0 Å². The van der Waals surface area contributed by atoms with Crippen LogP contribution in [0.4, 0.5) is 13.2 Å². The van der Waals surface area contributed by atoms with Crippen molar-refractivity contribution in [2.75, 3.05) is 20.2 Å². The van der Waals surface area contributed by atoms with Gasteiger partial charge in [0.1, 0.15) is 6.54 Å². The Bertz CT molecular complexity index is 384.